The Morgan fingerprint density at radius 3 is 1.88 bits per heavy atom. The Bertz CT molecular complexity index is 464. The van der Waals surface area contributed by atoms with Crippen molar-refractivity contribution in [3.05, 3.63) is 0 Å². The van der Waals surface area contributed by atoms with Crippen LogP contribution in [0.15, 0.2) is 0 Å². The molecule has 2 saturated heterocycles. The predicted octanol–water partition coefficient (Wildman–Crippen LogP) is 3.83. The Balaban J connectivity index is 1.97. The van der Waals surface area contributed by atoms with Crippen molar-refractivity contribution >= 4 is 12.2 Å². The van der Waals surface area contributed by atoms with Crippen molar-refractivity contribution in [2.75, 3.05) is 0 Å². The van der Waals surface area contributed by atoms with Crippen molar-refractivity contribution in [2.24, 2.45) is 0 Å². The fourth-order valence-corrected chi connectivity index (χ4v) is 3.59. The lowest BCUT2D eigenvalue weighted by Gasteiger charge is -2.48. The first kappa shape index (κ1) is 18.9. The maximum Gasteiger partial charge on any atom is 0.410 e. The van der Waals surface area contributed by atoms with Crippen molar-refractivity contribution in [3.8, 4) is 0 Å². The number of hydrogen-bond donors (Lipinski definition) is 1. The molecule has 0 aliphatic carbocycles. The van der Waals surface area contributed by atoms with E-state index in [2.05, 4.69) is 5.32 Å². The van der Waals surface area contributed by atoms with Crippen LogP contribution in [0.3, 0.4) is 0 Å². The van der Waals surface area contributed by atoms with E-state index in [1.807, 2.05) is 46.4 Å². The van der Waals surface area contributed by atoms with Gasteiger partial charge in [0.1, 0.15) is 11.2 Å². The van der Waals surface area contributed by atoms with Gasteiger partial charge in [-0.15, -0.1) is 0 Å². The van der Waals surface area contributed by atoms with E-state index in [0.29, 0.717) is 0 Å². The quantitative estimate of drug-likeness (QED) is 0.787. The highest BCUT2D eigenvalue weighted by atomic mass is 16.6. The summed E-state index contributed by atoms with van der Waals surface area (Å²) in [7, 11) is 0. The standard InChI is InChI=1S/C18H32N2O4/c1-17(2,3)23-15(21)19-12-10-13-8-7-9-14(11-12)20(13)16(22)24-18(4,5)6/h12-14H,7-11H2,1-6H3,(H,19,21). The number of piperidine rings is 2. The van der Waals surface area contributed by atoms with Crippen LogP contribution in [0.2, 0.25) is 0 Å². The lowest BCUT2D eigenvalue weighted by atomic mass is 9.82. The molecule has 0 radical (unpaired) electrons. The maximum absolute atomic E-state index is 12.5. The summed E-state index contributed by atoms with van der Waals surface area (Å²) in [6, 6.07) is 0.313. The molecule has 1 N–H and O–H groups in total. The fraction of sp³-hybridized carbons (Fsp3) is 0.889. The zero-order chi connectivity index (χ0) is 18.1. The van der Waals surface area contributed by atoms with Gasteiger partial charge in [-0.1, -0.05) is 0 Å². The second kappa shape index (κ2) is 6.81. The number of fused-ring (bicyclic) bond motifs is 2. The third-order valence-electron chi connectivity index (χ3n) is 4.30. The van der Waals surface area contributed by atoms with Crippen LogP contribution in [0, 0.1) is 0 Å². The van der Waals surface area contributed by atoms with Crippen molar-refractivity contribution in [3.63, 3.8) is 0 Å². The van der Waals surface area contributed by atoms with Crippen molar-refractivity contribution < 1.29 is 19.1 Å². The molecular weight excluding hydrogens is 308 g/mol. The summed E-state index contributed by atoms with van der Waals surface area (Å²) >= 11 is 0. The SMILES string of the molecule is CC(C)(C)OC(=O)NC1CC2CCCC(C1)N2C(=O)OC(C)(C)C. The van der Waals surface area contributed by atoms with Gasteiger partial charge in [0.05, 0.1) is 0 Å². The lowest BCUT2D eigenvalue weighted by Crippen LogP contribution is -2.59. The van der Waals surface area contributed by atoms with Crippen LogP contribution < -0.4 is 5.32 Å². The molecule has 0 aromatic carbocycles. The van der Waals surface area contributed by atoms with Gasteiger partial charge in [-0.2, -0.15) is 0 Å². The molecule has 2 aliphatic rings. The molecule has 0 aromatic heterocycles. The minimum absolute atomic E-state index is 0.0498. The largest absolute Gasteiger partial charge is 0.444 e. The fourth-order valence-electron chi connectivity index (χ4n) is 3.59. The molecule has 2 bridgehead atoms. The van der Waals surface area contributed by atoms with Crippen LogP contribution in [-0.2, 0) is 9.47 Å². The second-order valence-corrected chi connectivity index (χ2v) is 8.94. The highest BCUT2D eigenvalue weighted by molar-refractivity contribution is 5.70. The first-order chi connectivity index (χ1) is 10.9. The molecule has 24 heavy (non-hydrogen) atoms. The average molecular weight is 340 g/mol. The number of nitrogens with zero attached hydrogens (tertiary/aromatic N) is 1. The van der Waals surface area contributed by atoms with Gasteiger partial charge in [0.15, 0.2) is 0 Å². The summed E-state index contributed by atoms with van der Waals surface area (Å²) in [4.78, 5) is 26.5. The Hall–Kier alpha value is -1.46. The number of carbonyl (C=O) groups is 2. The van der Waals surface area contributed by atoms with E-state index >= 15 is 0 Å². The molecule has 2 fully saturated rings. The number of rotatable bonds is 1. The summed E-state index contributed by atoms with van der Waals surface area (Å²) in [5.41, 5.74) is -0.992. The average Bonchev–Trinajstić information content (AvgIpc) is 2.32. The van der Waals surface area contributed by atoms with Gasteiger partial charge in [-0.3, -0.25) is 0 Å². The van der Waals surface area contributed by atoms with Crippen molar-refractivity contribution in [2.45, 2.75) is 103 Å². The second-order valence-electron chi connectivity index (χ2n) is 8.94. The van der Waals surface area contributed by atoms with Gasteiger partial charge in [0.2, 0.25) is 0 Å². The number of nitrogens with one attached hydrogen (secondary N) is 1. The highest BCUT2D eigenvalue weighted by Gasteiger charge is 2.43. The zero-order valence-electron chi connectivity index (χ0n) is 15.8. The van der Waals surface area contributed by atoms with Gasteiger partial charge in [-0.25, -0.2) is 9.59 Å². The first-order valence-corrected chi connectivity index (χ1v) is 8.95. The molecule has 0 spiro atoms. The minimum atomic E-state index is -0.503. The molecule has 2 heterocycles. The molecule has 2 aliphatic heterocycles. The van der Waals surface area contributed by atoms with Crippen LogP contribution in [0.4, 0.5) is 9.59 Å². The molecule has 6 nitrogen and oxygen atoms in total. The zero-order valence-corrected chi connectivity index (χ0v) is 15.8. The number of alkyl carbamates (subject to hydrolysis) is 1. The van der Waals surface area contributed by atoms with Gasteiger partial charge >= 0.3 is 12.2 Å². The normalized spacial score (nSPS) is 27.4. The summed E-state index contributed by atoms with van der Waals surface area (Å²) in [6.07, 6.45) is 3.95. The molecule has 2 atom stereocenters. The van der Waals surface area contributed by atoms with Crippen molar-refractivity contribution in [1.29, 1.82) is 0 Å². The van der Waals surface area contributed by atoms with Crippen LogP contribution in [0.25, 0.3) is 0 Å². The molecule has 2 amide bonds. The number of carbonyl (C=O) groups excluding carboxylic acids is 2. The monoisotopic (exact) mass is 340 g/mol. The third kappa shape index (κ3) is 5.28. The van der Waals surface area contributed by atoms with E-state index in [1.165, 1.54) is 0 Å². The van der Waals surface area contributed by atoms with E-state index in [1.54, 1.807) is 0 Å². The smallest absolute Gasteiger partial charge is 0.410 e. The van der Waals surface area contributed by atoms with E-state index in [0.717, 1.165) is 32.1 Å². The minimum Gasteiger partial charge on any atom is -0.444 e. The first-order valence-electron chi connectivity index (χ1n) is 8.95. The van der Waals surface area contributed by atoms with E-state index in [4.69, 9.17) is 9.47 Å². The Labute approximate surface area is 145 Å². The van der Waals surface area contributed by atoms with E-state index in [9.17, 15) is 9.59 Å². The molecule has 0 saturated carbocycles. The van der Waals surface area contributed by atoms with Gasteiger partial charge in [0, 0.05) is 18.1 Å². The third-order valence-corrected chi connectivity index (χ3v) is 4.30. The molecule has 2 unspecified atom stereocenters. The van der Waals surface area contributed by atoms with Crippen LogP contribution in [-0.4, -0.2) is 46.4 Å². The summed E-state index contributed by atoms with van der Waals surface area (Å²) in [6.45, 7) is 11.2. The lowest BCUT2D eigenvalue weighted by molar-refractivity contribution is -0.0241. The predicted molar refractivity (Wildman–Crippen MR) is 91.9 cm³/mol. The van der Waals surface area contributed by atoms with E-state index in [-0.39, 0.29) is 30.3 Å². The Kier molecular flexibility index (Phi) is 5.35. The molecule has 0 aromatic rings. The van der Waals surface area contributed by atoms with Gasteiger partial charge in [0.25, 0.3) is 0 Å². The number of amides is 2. The molecule has 138 valence electrons. The molecule has 2 rings (SSSR count). The van der Waals surface area contributed by atoms with Gasteiger partial charge in [-0.05, 0) is 73.6 Å². The van der Waals surface area contributed by atoms with Crippen LogP contribution >= 0.6 is 0 Å². The van der Waals surface area contributed by atoms with Crippen molar-refractivity contribution in [1.82, 2.24) is 10.2 Å². The number of hydrogen-bond acceptors (Lipinski definition) is 4. The van der Waals surface area contributed by atoms with Gasteiger partial charge < -0.3 is 19.7 Å². The topological polar surface area (TPSA) is 67.9 Å². The Morgan fingerprint density at radius 2 is 1.42 bits per heavy atom. The summed E-state index contributed by atoms with van der Waals surface area (Å²) < 4.78 is 10.9. The van der Waals surface area contributed by atoms with E-state index < -0.39 is 11.2 Å². The molecule has 6 heteroatoms. The summed E-state index contributed by atoms with van der Waals surface area (Å²) in [5, 5.41) is 2.97. The van der Waals surface area contributed by atoms with Crippen LogP contribution in [0.5, 0.6) is 0 Å². The molecular formula is C18H32N2O4. The number of ether oxygens (including phenoxy) is 2. The van der Waals surface area contributed by atoms with Crippen LogP contribution in [0.1, 0.15) is 73.6 Å². The summed E-state index contributed by atoms with van der Waals surface area (Å²) in [5.74, 6) is 0. The maximum atomic E-state index is 12.5. The highest BCUT2D eigenvalue weighted by Crippen LogP contribution is 2.35. The Morgan fingerprint density at radius 1 is 0.917 bits per heavy atom.